The summed E-state index contributed by atoms with van der Waals surface area (Å²) in [5.74, 6) is 0.639. The van der Waals surface area contributed by atoms with E-state index in [1.54, 1.807) is 41.5 Å². The van der Waals surface area contributed by atoms with E-state index >= 15 is 0 Å². The molecule has 22 heavy (non-hydrogen) atoms. The minimum absolute atomic E-state index is 0.320. The van der Waals surface area contributed by atoms with Crippen molar-refractivity contribution in [2.24, 2.45) is 0 Å². The maximum absolute atomic E-state index is 11.8. The summed E-state index contributed by atoms with van der Waals surface area (Å²) in [4.78, 5) is 23.7. The van der Waals surface area contributed by atoms with Gasteiger partial charge in [-0.05, 0) is 41.5 Å². The lowest BCUT2D eigenvalue weighted by atomic mass is 10.1. The van der Waals surface area contributed by atoms with Gasteiger partial charge in [0.05, 0.1) is 12.1 Å². The van der Waals surface area contributed by atoms with Crippen LogP contribution in [0.15, 0.2) is 0 Å². The molecule has 0 spiro atoms. The van der Waals surface area contributed by atoms with Gasteiger partial charge in [0.15, 0.2) is 0 Å². The zero-order chi connectivity index (χ0) is 17.6. The summed E-state index contributed by atoms with van der Waals surface area (Å²) in [6.45, 7) is 10.7. The van der Waals surface area contributed by atoms with Crippen molar-refractivity contribution in [1.29, 1.82) is 0 Å². The van der Waals surface area contributed by atoms with Gasteiger partial charge in [-0.15, -0.1) is 0 Å². The van der Waals surface area contributed by atoms with Crippen molar-refractivity contribution in [2.75, 3.05) is 11.5 Å². The van der Waals surface area contributed by atoms with Gasteiger partial charge in [-0.25, -0.2) is 9.59 Å². The molecule has 0 aromatic heterocycles. The summed E-state index contributed by atoms with van der Waals surface area (Å²) in [5.41, 5.74) is -1.19. The molecule has 0 aromatic carbocycles. The summed E-state index contributed by atoms with van der Waals surface area (Å²) >= 11 is 8.41. The molecular formula is C14H28N2O4S2. The summed E-state index contributed by atoms with van der Waals surface area (Å²) < 4.78 is 10.4. The van der Waals surface area contributed by atoms with Crippen LogP contribution in [-0.4, -0.2) is 47.0 Å². The Morgan fingerprint density at radius 3 is 1.27 bits per heavy atom. The molecule has 2 amide bonds. The zero-order valence-corrected chi connectivity index (χ0v) is 15.9. The van der Waals surface area contributed by atoms with Gasteiger partial charge >= 0.3 is 12.2 Å². The zero-order valence-electron chi connectivity index (χ0n) is 14.1. The largest absolute Gasteiger partial charge is 0.444 e. The minimum Gasteiger partial charge on any atom is -0.444 e. The first kappa shape index (κ1) is 21.2. The summed E-state index contributed by atoms with van der Waals surface area (Å²) in [6.07, 6.45) is -1.13. The van der Waals surface area contributed by atoms with Crippen LogP contribution in [-0.2, 0) is 9.47 Å². The quantitative estimate of drug-likeness (QED) is 0.574. The van der Waals surface area contributed by atoms with Crippen LogP contribution in [0.2, 0.25) is 0 Å². The van der Waals surface area contributed by atoms with E-state index in [-0.39, 0.29) is 0 Å². The van der Waals surface area contributed by atoms with E-state index < -0.39 is 35.5 Å². The summed E-state index contributed by atoms with van der Waals surface area (Å²) in [6, 6.07) is -0.855. The Kier molecular flexibility index (Phi) is 8.46. The van der Waals surface area contributed by atoms with Crippen LogP contribution in [0.25, 0.3) is 0 Å². The van der Waals surface area contributed by atoms with E-state index in [9.17, 15) is 9.59 Å². The van der Waals surface area contributed by atoms with Crippen LogP contribution in [0, 0.1) is 0 Å². The molecule has 0 aliphatic heterocycles. The van der Waals surface area contributed by atoms with Crippen LogP contribution in [0.4, 0.5) is 9.59 Å². The second-order valence-electron chi connectivity index (χ2n) is 6.87. The SMILES string of the molecule is CC(C)(C)OC(=O)NC(CS)C(CS)NC(=O)OC(C)(C)C. The second-order valence-corrected chi connectivity index (χ2v) is 7.60. The number of ether oxygens (including phenoxy) is 2. The highest BCUT2D eigenvalue weighted by atomic mass is 32.1. The van der Waals surface area contributed by atoms with E-state index in [1.165, 1.54) is 0 Å². The number of alkyl carbamates (subject to hydrolysis) is 2. The Morgan fingerprint density at radius 2 is 1.09 bits per heavy atom. The number of nitrogens with one attached hydrogen (secondary N) is 2. The number of hydrogen-bond donors (Lipinski definition) is 4. The molecule has 2 N–H and O–H groups in total. The van der Waals surface area contributed by atoms with E-state index in [4.69, 9.17) is 9.47 Å². The van der Waals surface area contributed by atoms with Gasteiger partial charge in [0.1, 0.15) is 11.2 Å². The molecule has 2 atom stereocenters. The van der Waals surface area contributed by atoms with Gasteiger partial charge in [0, 0.05) is 11.5 Å². The van der Waals surface area contributed by atoms with Crippen molar-refractivity contribution in [1.82, 2.24) is 10.6 Å². The first-order valence-electron chi connectivity index (χ1n) is 7.08. The van der Waals surface area contributed by atoms with Crippen LogP contribution in [0.3, 0.4) is 0 Å². The van der Waals surface area contributed by atoms with Crippen molar-refractivity contribution < 1.29 is 19.1 Å². The van der Waals surface area contributed by atoms with Gasteiger partial charge in [0.2, 0.25) is 0 Å². The molecule has 0 bridgehead atoms. The third-order valence-corrected chi connectivity index (χ3v) is 3.07. The van der Waals surface area contributed by atoms with Gasteiger partial charge in [0.25, 0.3) is 0 Å². The lowest BCUT2D eigenvalue weighted by Crippen LogP contribution is -2.55. The van der Waals surface area contributed by atoms with Crippen LogP contribution >= 0.6 is 25.3 Å². The van der Waals surface area contributed by atoms with Gasteiger partial charge < -0.3 is 20.1 Å². The molecule has 0 saturated heterocycles. The smallest absolute Gasteiger partial charge is 0.407 e. The third kappa shape index (κ3) is 10.0. The fourth-order valence-corrected chi connectivity index (χ4v) is 2.16. The Morgan fingerprint density at radius 1 is 0.818 bits per heavy atom. The van der Waals surface area contributed by atoms with Crippen LogP contribution in [0.1, 0.15) is 41.5 Å². The Hall–Kier alpha value is -0.760. The molecular weight excluding hydrogens is 324 g/mol. The highest BCUT2D eigenvalue weighted by molar-refractivity contribution is 7.80. The monoisotopic (exact) mass is 352 g/mol. The molecule has 0 radical (unpaired) electrons. The number of carbonyl (C=O) groups is 2. The van der Waals surface area contributed by atoms with E-state index in [0.29, 0.717) is 11.5 Å². The molecule has 6 nitrogen and oxygen atoms in total. The number of amides is 2. The van der Waals surface area contributed by atoms with E-state index in [1.807, 2.05) is 0 Å². The molecule has 0 saturated carbocycles. The van der Waals surface area contributed by atoms with Crippen molar-refractivity contribution in [3.05, 3.63) is 0 Å². The average Bonchev–Trinajstić information content (AvgIpc) is 2.28. The highest BCUT2D eigenvalue weighted by Crippen LogP contribution is 2.10. The van der Waals surface area contributed by atoms with Gasteiger partial charge in [-0.1, -0.05) is 0 Å². The number of rotatable bonds is 5. The number of thiol groups is 2. The maximum atomic E-state index is 11.8. The lowest BCUT2D eigenvalue weighted by molar-refractivity contribution is 0.0444. The first-order chi connectivity index (χ1) is 9.88. The van der Waals surface area contributed by atoms with Crippen LogP contribution < -0.4 is 10.6 Å². The predicted octanol–water partition coefficient (Wildman–Crippen LogP) is 2.63. The Balaban J connectivity index is 4.67. The number of hydrogen-bond acceptors (Lipinski definition) is 6. The molecule has 8 heteroatoms. The fourth-order valence-electron chi connectivity index (χ4n) is 1.46. The molecule has 0 aliphatic rings. The minimum atomic E-state index is -0.597. The average molecular weight is 353 g/mol. The van der Waals surface area contributed by atoms with E-state index in [2.05, 4.69) is 35.9 Å². The van der Waals surface area contributed by atoms with Gasteiger partial charge in [-0.2, -0.15) is 25.3 Å². The van der Waals surface area contributed by atoms with Crippen LogP contribution in [0.5, 0.6) is 0 Å². The third-order valence-electron chi connectivity index (χ3n) is 2.28. The fraction of sp³-hybridized carbons (Fsp3) is 0.857. The van der Waals surface area contributed by atoms with Crippen molar-refractivity contribution in [3.8, 4) is 0 Å². The number of carbonyl (C=O) groups excluding carboxylic acids is 2. The molecule has 0 aliphatic carbocycles. The Labute approximate surface area is 143 Å². The maximum Gasteiger partial charge on any atom is 0.407 e. The predicted molar refractivity (Wildman–Crippen MR) is 94.0 cm³/mol. The molecule has 130 valence electrons. The molecule has 0 heterocycles. The second kappa shape index (κ2) is 8.76. The Bertz CT molecular complexity index is 342. The van der Waals surface area contributed by atoms with Crippen molar-refractivity contribution >= 4 is 37.4 Å². The summed E-state index contributed by atoms with van der Waals surface area (Å²) in [7, 11) is 0. The summed E-state index contributed by atoms with van der Waals surface area (Å²) in [5, 5.41) is 5.37. The normalized spacial score (nSPS) is 14.7. The first-order valence-corrected chi connectivity index (χ1v) is 8.35. The molecule has 0 rings (SSSR count). The standard InChI is InChI=1S/C14H28N2O4S2/c1-13(2,3)19-11(17)15-9(7-21)10(8-22)16-12(18)20-14(4,5)6/h9-10,21-22H,7-8H2,1-6H3,(H,15,17)(H,16,18). The van der Waals surface area contributed by atoms with E-state index in [0.717, 1.165) is 0 Å². The highest BCUT2D eigenvalue weighted by Gasteiger charge is 2.27. The molecule has 2 unspecified atom stereocenters. The van der Waals surface area contributed by atoms with Crippen molar-refractivity contribution in [2.45, 2.75) is 64.8 Å². The topological polar surface area (TPSA) is 76.7 Å². The van der Waals surface area contributed by atoms with Gasteiger partial charge in [-0.3, -0.25) is 0 Å². The van der Waals surface area contributed by atoms with Crippen molar-refractivity contribution in [3.63, 3.8) is 0 Å². The molecule has 0 fully saturated rings. The lowest BCUT2D eigenvalue weighted by Gasteiger charge is -2.29. The molecule has 0 aromatic rings.